The molecular weight excluding hydrogens is 260 g/mol. The maximum absolute atomic E-state index is 12.4. The highest BCUT2D eigenvalue weighted by atomic mass is 32.2. The standard InChI is InChI=1S/C14H22N2O2S/c1-11-6-12(2)9-16(8-11)19(17,18)10-13-4-3-5-14(15)7-13/h3-5,7,11-12H,6,8-10,15H2,1-2H3/t11-,12-/m0/s1. The van der Waals surface area contributed by atoms with E-state index in [1.165, 1.54) is 0 Å². The molecule has 2 N–H and O–H groups in total. The molecule has 4 nitrogen and oxygen atoms in total. The van der Waals surface area contributed by atoms with Gasteiger partial charge in [-0.1, -0.05) is 26.0 Å². The Balaban J connectivity index is 2.14. The first-order chi connectivity index (χ1) is 8.87. The Hall–Kier alpha value is -1.07. The maximum Gasteiger partial charge on any atom is 0.218 e. The molecule has 1 saturated heterocycles. The Kier molecular flexibility index (Phi) is 4.16. The summed E-state index contributed by atoms with van der Waals surface area (Å²) in [7, 11) is -3.24. The first-order valence-corrected chi connectivity index (χ1v) is 8.30. The molecule has 0 aromatic heterocycles. The first-order valence-electron chi connectivity index (χ1n) is 6.69. The Labute approximate surface area is 115 Å². The number of nitrogens with two attached hydrogens (primary N) is 1. The fraction of sp³-hybridized carbons (Fsp3) is 0.571. The van der Waals surface area contributed by atoms with Gasteiger partial charge >= 0.3 is 0 Å². The number of hydrogen-bond donors (Lipinski definition) is 1. The molecule has 0 saturated carbocycles. The molecule has 0 radical (unpaired) electrons. The molecule has 1 aromatic rings. The number of benzene rings is 1. The summed E-state index contributed by atoms with van der Waals surface area (Å²) in [6, 6.07) is 7.10. The van der Waals surface area contributed by atoms with Crippen molar-refractivity contribution in [3.8, 4) is 0 Å². The van der Waals surface area contributed by atoms with Gasteiger partial charge in [-0.05, 0) is 36.0 Å². The summed E-state index contributed by atoms with van der Waals surface area (Å²) in [5, 5.41) is 0. The van der Waals surface area contributed by atoms with Gasteiger partial charge in [0.25, 0.3) is 0 Å². The molecule has 106 valence electrons. The fourth-order valence-electron chi connectivity index (χ4n) is 2.82. The average Bonchev–Trinajstić information content (AvgIpc) is 2.26. The van der Waals surface area contributed by atoms with Crippen molar-refractivity contribution < 1.29 is 8.42 Å². The van der Waals surface area contributed by atoms with Crippen LogP contribution in [0.4, 0.5) is 5.69 Å². The minimum Gasteiger partial charge on any atom is -0.399 e. The van der Waals surface area contributed by atoms with Gasteiger partial charge in [-0.3, -0.25) is 0 Å². The number of sulfonamides is 1. The van der Waals surface area contributed by atoms with Gasteiger partial charge in [0.1, 0.15) is 0 Å². The van der Waals surface area contributed by atoms with Crippen molar-refractivity contribution in [1.29, 1.82) is 0 Å². The molecule has 0 spiro atoms. The quantitative estimate of drug-likeness (QED) is 0.863. The smallest absolute Gasteiger partial charge is 0.218 e. The number of nitrogen functional groups attached to an aromatic ring is 1. The van der Waals surface area contributed by atoms with Gasteiger partial charge < -0.3 is 5.73 Å². The summed E-state index contributed by atoms with van der Waals surface area (Å²) >= 11 is 0. The van der Waals surface area contributed by atoms with E-state index in [-0.39, 0.29) is 5.75 Å². The van der Waals surface area contributed by atoms with E-state index in [9.17, 15) is 8.42 Å². The third kappa shape index (κ3) is 3.70. The van der Waals surface area contributed by atoms with Crippen LogP contribution < -0.4 is 5.73 Å². The fourth-order valence-corrected chi connectivity index (χ4v) is 4.56. The van der Waals surface area contributed by atoms with Crippen LogP contribution in [0.2, 0.25) is 0 Å². The average molecular weight is 282 g/mol. The van der Waals surface area contributed by atoms with E-state index in [4.69, 9.17) is 5.73 Å². The van der Waals surface area contributed by atoms with E-state index in [2.05, 4.69) is 13.8 Å². The molecule has 2 rings (SSSR count). The van der Waals surface area contributed by atoms with Gasteiger partial charge in [0.2, 0.25) is 10.0 Å². The van der Waals surface area contributed by atoms with Crippen molar-refractivity contribution in [3.63, 3.8) is 0 Å². The van der Waals surface area contributed by atoms with Crippen LogP contribution in [0.3, 0.4) is 0 Å². The van der Waals surface area contributed by atoms with Crippen molar-refractivity contribution in [2.45, 2.75) is 26.0 Å². The number of hydrogen-bond acceptors (Lipinski definition) is 3. The molecule has 1 aromatic carbocycles. The van der Waals surface area contributed by atoms with E-state index in [0.717, 1.165) is 12.0 Å². The van der Waals surface area contributed by atoms with E-state index in [1.54, 1.807) is 22.5 Å². The maximum atomic E-state index is 12.4. The Bertz CT molecular complexity index is 532. The van der Waals surface area contributed by atoms with Gasteiger partial charge in [-0.25, -0.2) is 12.7 Å². The monoisotopic (exact) mass is 282 g/mol. The third-order valence-electron chi connectivity index (χ3n) is 3.53. The van der Waals surface area contributed by atoms with Crippen LogP contribution >= 0.6 is 0 Å². The summed E-state index contributed by atoms with van der Waals surface area (Å²) in [5.74, 6) is 0.899. The van der Waals surface area contributed by atoms with Crippen molar-refractivity contribution >= 4 is 15.7 Å². The highest BCUT2D eigenvalue weighted by molar-refractivity contribution is 7.88. The van der Waals surface area contributed by atoms with Crippen molar-refractivity contribution in [1.82, 2.24) is 4.31 Å². The number of nitrogens with zero attached hydrogens (tertiary/aromatic N) is 1. The van der Waals surface area contributed by atoms with Gasteiger partial charge in [-0.2, -0.15) is 0 Å². The van der Waals surface area contributed by atoms with Gasteiger partial charge in [-0.15, -0.1) is 0 Å². The van der Waals surface area contributed by atoms with Crippen LogP contribution in [0.25, 0.3) is 0 Å². The molecule has 5 heteroatoms. The van der Waals surface area contributed by atoms with Crippen LogP contribution in [0, 0.1) is 11.8 Å². The molecule has 1 aliphatic heterocycles. The van der Waals surface area contributed by atoms with E-state index >= 15 is 0 Å². The van der Waals surface area contributed by atoms with Crippen LogP contribution in [0.15, 0.2) is 24.3 Å². The van der Waals surface area contributed by atoms with Crippen molar-refractivity contribution in [2.24, 2.45) is 11.8 Å². The lowest BCUT2D eigenvalue weighted by molar-refractivity contribution is 0.222. The summed E-state index contributed by atoms with van der Waals surface area (Å²) in [6.45, 7) is 5.49. The second-order valence-corrected chi connectivity index (χ2v) is 7.73. The van der Waals surface area contributed by atoms with Crippen LogP contribution in [-0.4, -0.2) is 25.8 Å². The van der Waals surface area contributed by atoms with Gasteiger partial charge in [0.05, 0.1) is 5.75 Å². The van der Waals surface area contributed by atoms with E-state index in [1.807, 2.05) is 6.07 Å². The lowest BCUT2D eigenvalue weighted by Gasteiger charge is -2.34. The SMILES string of the molecule is C[C@H]1C[C@H](C)CN(S(=O)(=O)Cc2cccc(N)c2)C1. The molecule has 1 heterocycles. The summed E-state index contributed by atoms with van der Waals surface area (Å²) in [5.41, 5.74) is 7.05. The van der Waals surface area contributed by atoms with Gasteiger partial charge in [0.15, 0.2) is 0 Å². The predicted molar refractivity (Wildman–Crippen MR) is 78.0 cm³/mol. The number of anilines is 1. The zero-order valence-electron chi connectivity index (χ0n) is 11.5. The van der Waals surface area contributed by atoms with Gasteiger partial charge in [0, 0.05) is 18.8 Å². The van der Waals surface area contributed by atoms with Crippen LogP contribution in [0.5, 0.6) is 0 Å². The summed E-state index contributed by atoms with van der Waals surface area (Å²) in [4.78, 5) is 0. The highest BCUT2D eigenvalue weighted by Gasteiger charge is 2.30. The number of rotatable bonds is 3. The molecule has 0 amide bonds. The first kappa shape index (κ1) is 14.3. The largest absolute Gasteiger partial charge is 0.399 e. The summed E-state index contributed by atoms with van der Waals surface area (Å²) in [6.07, 6.45) is 1.10. The molecule has 0 aliphatic carbocycles. The molecular formula is C14H22N2O2S. The van der Waals surface area contributed by atoms with Crippen molar-refractivity contribution in [2.75, 3.05) is 18.8 Å². The topological polar surface area (TPSA) is 63.4 Å². The van der Waals surface area contributed by atoms with Crippen LogP contribution in [-0.2, 0) is 15.8 Å². The third-order valence-corrected chi connectivity index (χ3v) is 5.31. The highest BCUT2D eigenvalue weighted by Crippen LogP contribution is 2.25. The minimum absolute atomic E-state index is 0.0392. The molecule has 1 aliphatic rings. The van der Waals surface area contributed by atoms with Crippen LogP contribution in [0.1, 0.15) is 25.8 Å². The summed E-state index contributed by atoms with van der Waals surface area (Å²) < 4.78 is 26.5. The lowest BCUT2D eigenvalue weighted by Crippen LogP contribution is -2.43. The zero-order chi connectivity index (χ0) is 14.0. The van der Waals surface area contributed by atoms with E-state index < -0.39 is 10.0 Å². The lowest BCUT2D eigenvalue weighted by atomic mass is 9.94. The molecule has 19 heavy (non-hydrogen) atoms. The zero-order valence-corrected chi connectivity index (χ0v) is 12.4. The van der Waals surface area contributed by atoms with E-state index in [0.29, 0.717) is 30.6 Å². The predicted octanol–water partition coefficient (Wildman–Crippen LogP) is 2.08. The Morgan fingerprint density at radius 2 is 1.89 bits per heavy atom. The molecule has 0 unspecified atom stereocenters. The number of piperidine rings is 1. The molecule has 2 atom stereocenters. The Morgan fingerprint density at radius 3 is 2.47 bits per heavy atom. The molecule has 1 fully saturated rings. The molecule has 0 bridgehead atoms. The normalized spacial score (nSPS) is 25.4. The Morgan fingerprint density at radius 1 is 1.26 bits per heavy atom. The minimum atomic E-state index is -3.24. The second kappa shape index (κ2) is 5.51. The van der Waals surface area contributed by atoms with Crippen molar-refractivity contribution in [3.05, 3.63) is 29.8 Å². The second-order valence-electron chi connectivity index (χ2n) is 5.76.